The van der Waals surface area contributed by atoms with Crippen LogP contribution in [0.5, 0.6) is 11.6 Å². The first-order valence-electron chi connectivity index (χ1n) is 19.7. The Kier molecular flexibility index (Phi) is 12.7. The number of phenols is 1. The lowest BCUT2D eigenvalue weighted by atomic mass is 10.1. The van der Waals surface area contributed by atoms with E-state index >= 15 is 0 Å². The highest BCUT2D eigenvalue weighted by atomic mass is 32.2. The average molecular weight is 1020 g/mol. The van der Waals surface area contributed by atoms with E-state index in [1.165, 1.54) is 46.6 Å². The average Bonchev–Trinajstić information content (AvgIpc) is 3.88. The molecule has 5 aromatic carbocycles. The van der Waals surface area contributed by atoms with Crippen molar-refractivity contribution < 1.29 is 59.3 Å². The third kappa shape index (κ3) is 9.28. The molecule has 24 nitrogen and oxygen atoms in total. The number of pyridine rings is 1. The molecule has 0 fully saturated rings. The Morgan fingerprint density at radius 1 is 0.710 bits per heavy atom. The standard InChI is InChI=1S/C41H33N11O13S4/c1-20-13-29(32(51(9-11-53)10-12-54)18-28(20)45-50-41-44-27-8-7-23(67(57,58)59)16-33(27)66-41)46-49-37-35(69(63,64)65)15-22-14-34(68(60,61)62)30(17-24(22)38(37)55)47-48-36-21(2)25(19-42)39-43-26-5-3-4-6-31(26)52(39)40(36)56/h3-8,13-18,53-56H,9-12H2,1-2H3,(H,57,58,59)(H,60,61,62)(H,63,64,65). The SMILES string of the molecule is Cc1cc(N=Nc2c(S(=O)(=O)O)cc3cc(S(=O)(=O)O)c(N=Nc4c(C)c(C#N)c5nc6ccccc6n5c4O)cc3c2O)c(N(CCO)CCO)cc1N=Nc1nc2ccc(S(=O)(=O)O)cc2s1. The molecule has 0 atom stereocenters. The van der Waals surface area contributed by atoms with Crippen molar-refractivity contribution in [3.05, 3.63) is 89.5 Å². The van der Waals surface area contributed by atoms with Gasteiger partial charge in [-0.1, -0.05) is 23.5 Å². The summed E-state index contributed by atoms with van der Waals surface area (Å²) in [6.45, 7) is 2.03. The summed E-state index contributed by atoms with van der Waals surface area (Å²) in [6, 6.07) is 17.7. The summed E-state index contributed by atoms with van der Waals surface area (Å²) in [5, 5.41) is 77.2. The minimum absolute atomic E-state index is 0.00397. The molecule has 0 amide bonds. The summed E-state index contributed by atoms with van der Waals surface area (Å²) in [5.74, 6) is -1.52. The summed E-state index contributed by atoms with van der Waals surface area (Å²) in [7, 11) is -15.0. The molecule has 0 bridgehead atoms. The minimum Gasteiger partial charge on any atom is -0.505 e. The molecule has 0 aliphatic heterocycles. The monoisotopic (exact) mass is 1020 g/mol. The molecule has 28 heteroatoms. The molecule has 0 saturated heterocycles. The second kappa shape index (κ2) is 18.2. The van der Waals surface area contributed by atoms with Crippen LogP contribution in [-0.4, -0.2) is 100 Å². The van der Waals surface area contributed by atoms with Crippen molar-refractivity contribution in [3.63, 3.8) is 0 Å². The fraction of sp³-hybridized carbons (Fsp3) is 0.146. The van der Waals surface area contributed by atoms with Gasteiger partial charge in [-0.05, 0) is 85.5 Å². The lowest BCUT2D eigenvalue weighted by Gasteiger charge is -2.25. The molecule has 0 aliphatic rings. The van der Waals surface area contributed by atoms with Crippen LogP contribution >= 0.6 is 11.3 Å². The van der Waals surface area contributed by atoms with Gasteiger partial charge in [0, 0.05) is 24.0 Å². The van der Waals surface area contributed by atoms with Crippen molar-refractivity contribution >= 4 is 119 Å². The van der Waals surface area contributed by atoms with Crippen molar-refractivity contribution in [3.8, 4) is 17.7 Å². The van der Waals surface area contributed by atoms with Crippen LogP contribution < -0.4 is 4.90 Å². The lowest BCUT2D eigenvalue weighted by Crippen LogP contribution is -2.29. The number of thiazole rings is 1. The van der Waals surface area contributed by atoms with E-state index in [-0.39, 0.29) is 73.4 Å². The van der Waals surface area contributed by atoms with Crippen LogP contribution in [0.3, 0.4) is 0 Å². The van der Waals surface area contributed by atoms with Crippen LogP contribution in [0.1, 0.15) is 16.7 Å². The maximum Gasteiger partial charge on any atom is 0.296 e. The number of aromatic nitrogens is 3. The van der Waals surface area contributed by atoms with Crippen molar-refractivity contribution in [2.45, 2.75) is 28.5 Å². The number of nitrogens with zero attached hydrogens (tertiary/aromatic N) is 11. The van der Waals surface area contributed by atoms with E-state index in [1.807, 2.05) is 6.07 Å². The normalized spacial score (nSPS) is 12.8. The highest BCUT2D eigenvalue weighted by molar-refractivity contribution is 7.86. The van der Waals surface area contributed by atoms with Gasteiger partial charge in [0.1, 0.15) is 38.5 Å². The van der Waals surface area contributed by atoms with Crippen LogP contribution in [0.25, 0.3) is 37.7 Å². The highest BCUT2D eigenvalue weighted by Gasteiger charge is 2.27. The largest absolute Gasteiger partial charge is 0.505 e. The van der Waals surface area contributed by atoms with Crippen molar-refractivity contribution in [1.82, 2.24) is 14.4 Å². The Labute approximate surface area is 393 Å². The summed E-state index contributed by atoms with van der Waals surface area (Å²) in [5.41, 5.74) is 0.277. The number of benzene rings is 5. The van der Waals surface area contributed by atoms with Crippen LogP contribution in [0, 0.1) is 25.2 Å². The molecular formula is C41H33N11O13S4. The number of aryl methyl sites for hydroxylation is 1. The number of hydrogen-bond donors (Lipinski definition) is 7. The number of aliphatic hydroxyl groups is 2. The zero-order valence-electron chi connectivity index (χ0n) is 35.4. The molecule has 8 rings (SSSR count). The summed E-state index contributed by atoms with van der Waals surface area (Å²) < 4.78 is 106. The zero-order valence-corrected chi connectivity index (χ0v) is 38.7. The van der Waals surface area contributed by atoms with Gasteiger partial charge in [0.15, 0.2) is 17.1 Å². The number of hydrogen-bond acceptors (Lipinski definition) is 21. The molecule has 354 valence electrons. The van der Waals surface area contributed by atoms with Gasteiger partial charge >= 0.3 is 0 Å². The molecule has 0 spiro atoms. The van der Waals surface area contributed by atoms with Crippen LogP contribution in [0.2, 0.25) is 0 Å². The number of fused-ring (bicyclic) bond motifs is 5. The fourth-order valence-electron chi connectivity index (χ4n) is 7.27. The predicted molar refractivity (Wildman–Crippen MR) is 249 cm³/mol. The number of rotatable bonds is 14. The van der Waals surface area contributed by atoms with E-state index in [0.717, 1.165) is 29.5 Å². The molecule has 0 radical (unpaired) electrons. The molecule has 0 saturated carbocycles. The predicted octanol–water partition coefficient (Wildman–Crippen LogP) is 7.93. The fourth-order valence-corrected chi connectivity index (χ4v) is 9.97. The first kappa shape index (κ1) is 48.0. The van der Waals surface area contributed by atoms with Gasteiger partial charge in [-0.15, -0.1) is 30.7 Å². The van der Waals surface area contributed by atoms with Gasteiger partial charge < -0.3 is 25.3 Å². The zero-order chi connectivity index (χ0) is 49.7. The van der Waals surface area contributed by atoms with Gasteiger partial charge in [-0.25, -0.2) is 9.97 Å². The Morgan fingerprint density at radius 3 is 2.03 bits per heavy atom. The number of nitriles is 1. The molecule has 0 unspecified atom stereocenters. The third-order valence-electron chi connectivity index (χ3n) is 10.5. The molecule has 69 heavy (non-hydrogen) atoms. The number of azo groups is 3. The number of aromatic hydroxyl groups is 2. The Balaban J connectivity index is 1.25. The molecule has 7 N–H and O–H groups in total. The van der Waals surface area contributed by atoms with Gasteiger partial charge in [0.2, 0.25) is 11.0 Å². The number of phenolic OH excluding ortho intramolecular Hbond substituents is 1. The Morgan fingerprint density at radius 2 is 1.36 bits per heavy atom. The first-order valence-corrected chi connectivity index (χ1v) is 24.8. The Bertz CT molecular complexity index is 3940. The second-order valence-electron chi connectivity index (χ2n) is 14.9. The van der Waals surface area contributed by atoms with E-state index in [1.54, 1.807) is 31.2 Å². The quantitative estimate of drug-likeness (QED) is 0.0401. The number of anilines is 1. The van der Waals surface area contributed by atoms with Crippen LogP contribution in [0.4, 0.5) is 39.3 Å². The number of imidazole rings is 1. The second-order valence-corrected chi connectivity index (χ2v) is 20.1. The Hall–Kier alpha value is -7.46. The van der Waals surface area contributed by atoms with Crippen LogP contribution in [0.15, 0.2) is 118 Å². The van der Waals surface area contributed by atoms with Crippen molar-refractivity contribution in [2.24, 2.45) is 30.7 Å². The minimum atomic E-state index is -5.29. The summed E-state index contributed by atoms with van der Waals surface area (Å²) in [6.07, 6.45) is 0. The van der Waals surface area contributed by atoms with Gasteiger partial charge in [-0.2, -0.15) is 30.5 Å². The van der Waals surface area contributed by atoms with E-state index in [0.29, 0.717) is 26.8 Å². The molecule has 3 heterocycles. The van der Waals surface area contributed by atoms with Crippen molar-refractivity contribution in [1.29, 1.82) is 5.26 Å². The van der Waals surface area contributed by atoms with E-state index < -0.39 is 76.4 Å². The third-order valence-corrected chi connectivity index (χ3v) is 14.0. The topological polar surface area (TPSA) is 375 Å². The lowest BCUT2D eigenvalue weighted by molar-refractivity contribution is 0.281. The van der Waals surface area contributed by atoms with E-state index in [2.05, 4.69) is 40.7 Å². The smallest absolute Gasteiger partial charge is 0.296 e. The highest BCUT2D eigenvalue weighted by Crippen LogP contribution is 2.46. The number of aliphatic hydroxyl groups excluding tert-OH is 2. The maximum atomic E-state index is 12.9. The molecule has 3 aromatic heterocycles. The van der Waals surface area contributed by atoms with E-state index in [4.69, 9.17) is 0 Å². The maximum absolute atomic E-state index is 12.9. The number of para-hydroxylation sites is 2. The van der Waals surface area contributed by atoms with Gasteiger partial charge in [0.05, 0.1) is 50.7 Å². The van der Waals surface area contributed by atoms with Gasteiger partial charge in [0.25, 0.3) is 30.4 Å². The molecule has 8 aromatic rings. The molecular weight excluding hydrogens is 983 g/mol. The van der Waals surface area contributed by atoms with Gasteiger partial charge in [-0.3, -0.25) is 18.1 Å². The van der Waals surface area contributed by atoms with Crippen LogP contribution in [-0.2, 0) is 30.4 Å². The first-order chi connectivity index (χ1) is 32.6. The molecule has 0 aliphatic carbocycles. The van der Waals surface area contributed by atoms with Crippen molar-refractivity contribution in [2.75, 3.05) is 31.2 Å². The summed E-state index contributed by atoms with van der Waals surface area (Å²) in [4.78, 5) is 7.88. The summed E-state index contributed by atoms with van der Waals surface area (Å²) >= 11 is 0.974. The van der Waals surface area contributed by atoms with E-state index in [9.17, 15) is 64.6 Å².